The highest BCUT2D eigenvalue weighted by Gasteiger charge is 2.17. The van der Waals surface area contributed by atoms with E-state index < -0.39 is 0 Å². The molecule has 1 N–H and O–H groups in total. The van der Waals surface area contributed by atoms with Crippen LogP contribution >= 0.6 is 11.8 Å². The minimum Gasteiger partial charge on any atom is -0.491 e. The SMILES string of the molecule is N#Cc1cnc(SCc2cccnc2)c(C#N)c1-c1ccc(OCCO)cc1. The van der Waals surface area contributed by atoms with Crippen molar-refractivity contribution in [2.75, 3.05) is 13.2 Å². The van der Waals surface area contributed by atoms with E-state index in [1.807, 2.05) is 12.1 Å². The quantitative estimate of drug-likeness (QED) is 0.617. The van der Waals surface area contributed by atoms with Crippen LogP contribution in [0.1, 0.15) is 16.7 Å². The van der Waals surface area contributed by atoms with Gasteiger partial charge in [-0.1, -0.05) is 18.2 Å². The number of ether oxygens (including phenoxy) is 1. The van der Waals surface area contributed by atoms with Crippen molar-refractivity contribution in [2.24, 2.45) is 0 Å². The molecule has 6 nitrogen and oxygen atoms in total. The van der Waals surface area contributed by atoms with Gasteiger partial charge in [-0.25, -0.2) is 4.98 Å². The molecule has 1 aromatic carbocycles. The van der Waals surface area contributed by atoms with Gasteiger partial charge in [0.05, 0.1) is 17.7 Å². The fourth-order valence-electron chi connectivity index (χ4n) is 2.61. The average Bonchev–Trinajstić information content (AvgIpc) is 2.76. The van der Waals surface area contributed by atoms with Crippen LogP contribution in [0.25, 0.3) is 11.1 Å². The van der Waals surface area contributed by atoms with Crippen molar-refractivity contribution in [3.8, 4) is 29.0 Å². The molecule has 2 aromatic heterocycles. The number of aliphatic hydroxyl groups is 1. The second-order valence-corrected chi connectivity index (χ2v) is 6.66. The fourth-order valence-corrected chi connectivity index (χ4v) is 3.50. The van der Waals surface area contributed by atoms with Crippen LogP contribution in [0.5, 0.6) is 5.75 Å². The lowest BCUT2D eigenvalue weighted by molar-refractivity contribution is 0.201. The molecule has 0 bridgehead atoms. The van der Waals surface area contributed by atoms with Crippen LogP contribution in [-0.2, 0) is 5.75 Å². The lowest BCUT2D eigenvalue weighted by Gasteiger charge is -2.11. The largest absolute Gasteiger partial charge is 0.491 e. The Morgan fingerprint density at radius 2 is 1.89 bits per heavy atom. The maximum atomic E-state index is 9.77. The molecule has 3 aromatic rings. The number of hydrogen-bond donors (Lipinski definition) is 1. The van der Waals surface area contributed by atoms with Crippen LogP contribution in [0, 0.1) is 22.7 Å². The molecular weight excluding hydrogens is 372 g/mol. The molecule has 3 rings (SSSR count). The monoisotopic (exact) mass is 388 g/mol. The molecular formula is C21H16N4O2S. The standard InChI is InChI=1S/C21H16N4O2S/c22-10-17-13-25-21(28-14-15-2-1-7-24-12-15)19(11-23)20(17)16-3-5-18(6-4-16)27-9-8-26/h1-7,12-13,26H,8-9,14H2. The van der Waals surface area contributed by atoms with Gasteiger partial charge < -0.3 is 9.84 Å². The third-order valence-electron chi connectivity index (χ3n) is 3.88. The molecule has 0 atom stereocenters. The molecule has 138 valence electrons. The highest BCUT2D eigenvalue weighted by atomic mass is 32.2. The van der Waals surface area contributed by atoms with Gasteiger partial charge in [0.2, 0.25) is 0 Å². The summed E-state index contributed by atoms with van der Waals surface area (Å²) in [4.78, 5) is 8.42. The molecule has 0 saturated carbocycles. The predicted molar refractivity (Wildman–Crippen MR) is 105 cm³/mol. The summed E-state index contributed by atoms with van der Waals surface area (Å²) in [6, 6.07) is 15.2. The summed E-state index contributed by atoms with van der Waals surface area (Å²) >= 11 is 1.43. The summed E-state index contributed by atoms with van der Waals surface area (Å²) in [5.41, 5.74) is 3.02. The molecule has 0 aliphatic heterocycles. The van der Waals surface area contributed by atoms with Crippen LogP contribution in [0.15, 0.2) is 60.0 Å². The summed E-state index contributed by atoms with van der Waals surface area (Å²) in [6.07, 6.45) is 4.98. The Morgan fingerprint density at radius 1 is 1.07 bits per heavy atom. The summed E-state index contributed by atoms with van der Waals surface area (Å²) in [6.45, 7) is 0.136. The van der Waals surface area contributed by atoms with Gasteiger partial charge in [0.1, 0.15) is 29.5 Å². The topological polar surface area (TPSA) is 103 Å². The number of hydrogen-bond acceptors (Lipinski definition) is 7. The Morgan fingerprint density at radius 3 is 2.54 bits per heavy atom. The summed E-state index contributed by atoms with van der Waals surface area (Å²) < 4.78 is 5.37. The van der Waals surface area contributed by atoms with Crippen molar-refractivity contribution >= 4 is 11.8 Å². The lowest BCUT2D eigenvalue weighted by atomic mass is 9.98. The van der Waals surface area contributed by atoms with E-state index in [0.29, 0.717) is 33.2 Å². The van der Waals surface area contributed by atoms with Gasteiger partial charge in [-0.3, -0.25) is 4.98 Å². The third kappa shape index (κ3) is 4.47. The highest BCUT2D eigenvalue weighted by molar-refractivity contribution is 7.98. The molecule has 0 unspecified atom stereocenters. The van der Waals surface area contributed by atoms with Crippen LogP contribution in [-0.4, -0.2) is 28.3 Å². The van der Waals surface area contributed by atoms with E-state index in [4.69, 9.17) is 9.84 Å². The molecule has 0 spiro atoms. The Labute approximate surface area is 167 Å². The first-order chi connectivity index (χ1) is 13.8. The van der Waals surface area contributed by atoms with E-state index in [1.165, 1.54) is 18.0 Å². The number of aromatic nitrogens is 2. The zero-order chi connectivity index (χ0) is 19.8. The van der Waals surface area contributed by atoms with Gasteiger partial charge in [0, 0.05) is 29.9 Å². The smallest absolute Gasteiger partial charge is 0.119 e. The molecule has 0 radical (unpaired) electrons. The fraction of sp³-hybridized carbons (Fsp3) is 0.143. The Kier molecular flexibility index (Phi) is 6.59. The summed E-state index contributed by atoms with van der Waals surface area (Å²) in [5.74, 6) is 1.23. The van der Waals surface area contributed by atoms with Crippen molar-refractivity contribution < 1.29 is 9.84 Å². The van der Waals surface area contributed by atoms with Gasteiger partial charge >= 0.3 is 0 Å². The molecule has 0 aliphatic carbocycles. The zero-order valence-corrected chi connectivity index (χ0v) is 15.7. The van der Waals surface area contributed by atoms with E-state index in [2.05, 4.69) is 22.1 Å². The zero-order valence-electron chi connectivity index (χ0n) is 14.9. The summed E-state index contributed by atoms with van der Waals surface area (Å²) in [7, 11) is 0. The van der Waals surface area contributed by atoms with Gasteiger partial charge in [0.25, 0.3) is 0 Å². The van der Waals surface area contributed by atoms with E-state index in [9.17, 15) is 10.5 Å². The van der Waals surface area contributed by atoms with E-state index >= 15 is 0 Å². The highest BCUT2D eigenvalue weighted by Crippen LogP contribution is 2.34. The minimum atomic E-state index is -0.0687. The number of nitrogens with zero attached hydrogens (tertiary/aromatic N) is 4. The normalized spacial score (nSPS) is 10.1. The Balaban J connectivity index is 1.95. The molecule has 28 heavy (non-hydrogen) atoms. The number of benzene rings is 1. The molecule has 0 aliphatic rings. The van der Waals surface area contributed by atoms with Crippen molar-refractivity contribution in [3.63, 3.8) is 0 Å². The second kappa shape index (κ2) is 9.52. The minimum absolute atomic E-state index is 0.0687. The van der Waals surface area contributed by atoms with Gasteiger partial charge in [-0.15, -0.1) is 11.8 Å². The maximum Gasteiger partial charge on any atom is 0.119 e. The third-order valence-corrected chi connectivity index (χ3v) is 4.94. The van der Waals surface area contributed by atoms with Gasteiger partial charge in [-0.05, 0) is 29.3 Å². The van der Waals surface area contributed by atoms with Crippen LogP contribution in [0.2, 0.25) is 0 Å². The van der Waals surface area contributed by atoms with Crippen LogP contribution < -0.4 is 4.74 Å². The first kappa shape index (κ1) is 19.4. The average molecular weight is 388 g/mol. The van der Waals surface area contributed by atoms with Gasteiger partial charge in [0.15, 0.2) is 0 Å². The van der Waals surface area contributed by atoms with E-state index in [1.54, 1.807) is 36.7 Å². The number of pyridine rings is 2. The number of thioether (sulfide) groups is 1. The number of aliphatic hydroxyl groups excluding tert-OH is 1. The van der Waals surface area contributed by atoms with Crippen molar-refractivity contribution in [1.29, 1.82) is 10.5 Å². The molecule has 0 amide bonds. The summed E-state index contributed by atoms with van der Waals surface area (Å²) in [5, 5.41) is 28.7. The molecule has 7 heteroatoms. The van der Waals surface area contributed by atoms with Gasteiger partial charge in [-0.2, -0.15) is 10.5 Å². The lowest BCUT2D eigenvalue weighted by Crippen LogP contribution is -2.01. The first-order valence-corrected chi connectivity index (χ1v) is 9.44. The van der Waals surface area contributed by atoms with E-state index in [-0.39, 0.29) is 13.2 Å². The van der Waals surface area contributed by atoms with E-state index in [0.717, 1.165) is 11.1 Å². The molecule has 2 heterocycles. The molecule has 0 fully saturated rings. The number of nitriles is 2. The Hall–Kier alpha value is -3.39. The second-order valence-electron chi connectivity index (χ2n) is 5.70. The predicted octanol–water partition coefficient (Wildman–Crippen LogP) is 3.55. The molecule has 0 saturated heterocycles. The van der Waals surface area contributed by atoms with Crippen molar-refractivity contribution in [2.45, 2.75) is 10.8 Å². The maximum absolute atomic E-state index is 9.77. The van der Waals surface area contributed by atoms with Crippen molar-refractivity contribution in [3.05, 3.63) is 71.7 Å². The van der Waals surface area contributed by atoms with Crippen LogP contribution in [0.3, 0.4) is 0 Å². The van der Waals surface area contributed by atoms with Crippen LogP contribution in [0.4, 0.5) is 0 Å². The number of rotatable bonds is 7. The van der Waals surface area contributed by atoms with Crippen molar-refractivity contribution in [1.82, 2.24) is 9.97 Å². The first-order valence-electron chi connectivity index (χ1n) is 8.45. The Bertz CT molecular complexity index is 1030.